The summed E-state index contributed by atoms with van der Waals surface area (Å²) in [7, 11) is 0. The van der Waals surface area contributed by atoms with E-state index in [1.54, 1.807) is 18.2 Å². The van der Waals surface area contributed by atoms with Crippen LogP contribution in [0.3, 0.4) is 0 Å². The number of isocyanates is 2. The second kappa shape index (κ2) is 7.12. The van der Waals surface area contributed by atoms with Gasteiger partial charge in [-0.3, -0.25) is 0 Å². The van der Waals surface area contributed by atoms with Gasteiger partial charge in [0.25, 0.3) is 0 Å². The maximum absolute atomic E-state index is 9.84. The molecule has 0 radical (unpaired) electrons. The molecule has 0 spiro atoms. The fourth-order valence-corrected chi connectivity index (χ4v) is 2.58. The first-order valence-electron chi connectivity index (χ1n) is 7.28. The van der Waals surface area contributed by atoms with Crippen LogP contribution in [-0.4, -0.2) is 12.2 Å². The number of rotatable bonds is 2. The Labute approximate surface area is 137 Å². The van der Waals surface area contributed by atoms with Gasteiger partial charge in [-0.1, -0.05) is 54.6 Å². The molecule has 0 aliphatic heterocycles. The van der Waals surface area contributed by atoms with Crippen molar-refractivity contribution in [2.24, 2.45) is 9.98 Å². The van der Waals surface area contributed by atoms with Gasteiger partial charge >= 0.3 is 0 Å². The lowest BCUT2D eigenvalue weighted by Crippen LogP contribution is -1.88. The lowest BCUT2D eigenvalue weighted by Gasteiger charge is -2.02. The molecule has 0 atom stereocenters. The van der Waals surface area contributed by atoms with Crippen molar-refractivity contribution in [3.8, 4) is 0 Å². The molecule has 0 N–H and O–H groups in total. The van der Waals surface area contributed by atoms with E-state index in [0.29, 0.717) is 11.4 Å². The minimum atomic E-state index is 0.418. The highest BCUT2D eigenvalue weighted by Gasteiger charge is 1.98. The molecular formula is C20H12N2O2. The van der Waals surface area contributed by atoms with E-state index in [2.05, 4.69) is 58.5 Å². The third-order valence-electron chi connectivity index (χ3n) is 3.61. The minimum Gasteiger partial charge on any atom is -0.211 e. The van der Waals surface area contributed by atoms with E-state index in [1.807, 2.05) is 0 Å². The van der Waals surface area contributed by atoms with Crippen LogP contribution < -0.4 is 0 Å². The largest absolute Gasteiger partial charge is 0.240 e. The van der Waals surface area contributed by atoms with Crippen LogP contribution in [0.5, 0.6) is 0 Å². The zero-order chi connectivity index (χ0) is 16.8. The van der Waals surface area contributed by atoms with E-state index in [-0.39, 0.29) is 0 Å². The van der Waals surface area contributed by atoms with E-state index in [9.17, 15) is 9.59 Å². The molecule has 0 heterocycles. The van der Waals surface area contributed by atoms with E-state index >= 15 is 0 Å². The fraction of sp³-hybridized carbons (Fsp3) is 0. The Kier molecular flexibility index (Phi) is 4.55. The summed E-state index contributed by atoms with van der Waals surface area (Å²) in [4.78, 5) is 26.4. The van der Waals surface area contributed by atoms with Crippen LogP contribution >= 0.6 is 0 Å². The van der Waals surface area contributed by atoms with Crippen molar-refractivity contribution in [1.29, 1.82) is 0 Å². The topological polar surface area (TPSA) is 58.9 Å². The Morgan fingerprint density at radius 3 is 1.25 bits per heavy atom. The highest BCUT2D eigenvalue weighted by Crippen LogP contribution is 2.18. The van der Waals surface area contributed by atoms with E-state index in [1.165, 1.54) is 39.1 Å². The van der Waals surface area contributed by atoms with Crippen molar-refractivity contribution in [1.82, 2.24) is 0 Å². The molecule has 3 aromatic rings. The molecule has 4 heteroatoms. The number of hydrogen-bond donors (Lipinski definition) is 0. The molecule has 1 aliphatic carbocycles. The number of benzene rings is 3. The van der Waals surface area contributed by atoms with Crippen LogP contribution in [-0.2, 0) is 9.59 Å². The average molecular weight is 312 g/mol. The zero-order valence-corrected chi connectivity index (χ0v) is 12.6. The Balaban J connectivity index is 0.000000141. The second-order valence-electron chi connectivity index (χ2n) is 5.02. The van der Waals surface area contributed by atoms with Gasteiger partial charge in [0.15, 0.2) is 0 Å². The Morgan fingerprint density at radius 1 is 0.542 bits per heavy atom. The Hall–Kier alpha value is -3.58. The lowest BCUT2D eigenvalue weighted by molar-refractivity contribution is 0.565. The monoisotopic (exact) mass is 312 g/mol. The lowest BCUT2D eigenvalue weighted by atomic mass is 10.0. The van der Waals surface area contributed by atoms with Crippen molar-refractivity contribution in [2.45, 2.75) is 0 Å². The van der Waals surface area contributed by atoms with E-state index in [4.69, 9.17) is 0 Å². The maximum atomic E-state index is 9.84. The molecular weight excluding hydrogens is 300 g/mol. The molecule has 114 valence electrons. The molecule has 0 fully saturated rings. The summed E-state index contributed by atoms with van der Waals surface area (Å²) in [6.45, 7) is 0. The standard InChI is InChI=1S/C12H8.C8H4N2O2/c1-2-6-10-9(5-1)11-7-3-4-8-12(10)11;11-5-9-7-2-1-3-8(4-7)10-6-12/h1-8H;1-4H. The van der Waals surface area contributed by atoms with Gasteiger partial charge in [-0.25, -0.2) is 9.59 Å². The molecule has 0 bridgehead atoms. The maximum Gasteiger partial charge on any atom is 0.240 e. The van der Waals surface area contributed by atoms with Gasteiger partial charge in [-0.05, 0) is 39.1 Å². The number of nitrogens with zero attached hydrogens (tertiary/aromatic N) is 2. The van der Waals surface area contributed by atoms with Crippen molar-refractivity contribution in [3.63, 3.8) is 0 Å². The van der Waals surface area contributed by atoms with Crippen LogP contribution in [0.25, 0.3) is 0 Å². The molecule has 4 nitrogen and oxygen atoms in total. The third-order valence-corrected chi connectivity index (χ3v) is 3.61. The second-order valence-corrected chi connectivity index (χ2v) is 5.02. The first-order valence-corrected chi connectivity index (χ1v) is 7.28. The van der Waals surface area contributed by atoms with Crippen LogP contribution in [0.1, 0.15) is 0 Å². The number of carbonyl (C=O) groups excluding carboxylic acids is 2. The molecule has 0 saturated carbocycles. The van der Waals surface area contributed by atoms with Crippen LogP contribution in [0.4, 0.5) is 11.4 Å². The van der Waals surface area contributed by atoms with Gasteiger partial charge in [-0.2, -0.15) is 9.98 Å². The van der Waals surface area contributed by atoms with Crippen molar-refractivity contribution < 1.29 is 9.59 Å². The average Bonchev–Trinajstić information content (AvgIpc) is 2.61. The van der Waals surface area contributed by atoms with E-state index < -0.39 is 0 Å². The van der Waals surface area contributed by atoms with Crippen molar-refractivity contribution in [3.05, 3.63) is 93.7 Å². The molecule has 0 aromatic heterocycles. The summed E-state index contributed by atoms with van der Waals surface area (Å²) < 4.78 is 0. The Bertz CT molecular complexity index is 1000. The van der Waals surface area contributed by atoms with Crippen molar-refractivity contribution in [2.75, 3.05) is 0 Å². The normalized spacial score (nSPS) is 9.67. The smallest absolute Gasteiger partial charge is 0.211 e. The molecule has 0 amide bonds. The Morgan fingerprint density at radius 2 is 0.917 bits per heavy atom. The summed E-state index contributed by atoms with van der Waals surface area (Å²) in [5.74, 6) is 0. The first kappa shape index (κ1) is 15.3. The predicted octanol–water partition coefficient (Wildman–Crippen LogP) is 4.20. The van der Waals surface area contributed by atoms with Gasteiger partial charge in [0, 0.05) is 0 Å². The summed E-state index contributed by atoms with van der Waals surface area (Å²) in [6, 6.07) is 23.4. The highest BCUT2D eigenvalue weighted by atomic mass is 16.1. The van der Waals surface area contributed by atoms with Gasteiger partial charge in [0.1, 0.15) is 0 Å². The van der Waals surface area contributed by atoms with E-state index in [0.717, 1.165) is 0 Å². The molecule has 24 heavy (non-hydrogen) atoms. The molecule has 0 saturated heterocycles. The summed E-state index contributed by atoms with van der Waals surface area (Å²) in [5, 5.41) is 5.59. The number of hydrogen-bond acceptors (Lipinski definition) is 4. The summed E-state index contributed by atoms with van der Waals surface area (Å²) >= 11 is 0. The van der Waals surface area contributed by atoms with Gasteiger partial charge < -0.3 is 0 Å². The molecule has 3 aromatic carbocycles. The molecule has 1 aliphatic rings. The SMILES string of the molecule is O=C=Nc1cccc(N=C=O)c1.c1ccc2c(c1)=c1ccccc1=2. The summed E-state index contributed by atoms with van der Waals surface area (Å²) in [5.41, 5.74) is 0.836. The zero-order valence-electron chi connectivity index (χ0n) is 12.6. The molecule has 4 rings (SSSR count). The van der Waals surface area contributed by atoms with Gasteiger partial charge in [-0.15, -0.1) is 0 Å². The van der Waals surface area contributed by atoms with Crippen LogP contribution in [0.15, 0.2) is 82.8 Å². The minimum absolute atomic E-state index is 0.418. The van der Waals surface area contributed by atoms with Crippen molar-refractivity contribution >= 4 is 23.5 Å². The van der Waals surface area contributed by atoms with Gasteiger partial charge in [0.05, 0.1) is 11.4 Å². The van der Waals surface area contributed by atoms with Crippen LogP contribution in [0, 0.1) is 20.9 Å². The first-order chi connectivity index (χ1) is 11.8. The number of aliphatic imine (C=N–C) groups is 2. The highest BCUT2D eigenvalue weighted by molar-refractivity contribution is 5.58. The van der Waals surface area contributed by atoms with Crippen LogP contribution in [0.2, 0.25) is 0 Å². The molecule has 0 unspecified atom stereocenters. The fourth-order valence-electron chi connectivity index (χ4n) is 2.58. The number of fused-ring (bicyclic) bond motifs is 2. The third kappa shape index (κ3) is 3.11. The van der Waals surface area contributed by atoms with Gasteiger partial charge in [0.2, 0.25) is 12.2 Å². The summed E-state index contributed by atoms with van der Waals surface area (Å²) in [6.07, 6.45) is 2.78. The quantitative estimate of drug-likeness (QED) is 0.411. The predicted molar refractivity (Wildman–Crippen MR) is 90.2 cm³/mol.